The quantitative estimate of drug-likeness (QED) is 0.240. The first kappa shape index (κ1) is 20.4. The molecule has 5 heteroatoms. The van der Waals surface area contributed by atoms with Gasteiger partial charge in [-0.05, 0) is 84.9 Å². The van der Waals surface area contributed by atoms with E-state index in [1.54, 1.807) is 48.5 Å². The third-order valence-corrected chi connectivity index (χ3v) is 5.28. The van der Waals surface area contributed by atoms with Gasteiger partial charge in [-0.2, -0.15) is 0 Å². The Morgan fingerprint density at radius 3 is 1.30 bits per heavy atom. The van der Waals surface area contributed by atoms with Crippen molar-refractivity contribution in [2.75, 3.05) is 0 Å². The molecule has 4 aromatic rings. The Hall–Kier alpha value is -2.89. The molecule has 0 saturated carbocycles. The molecule has 0 heterocycles. The number of ether oxygens (including phenoxy) is 2. The van der Waals surface area contributed by atoms with E-state index in [1.165, 1.54) is 0 Å². The van der Waals surface area contributed by atoms with E-state index in [2.05, 4.69) is 31.9 Å². The fourth-order valence-corrected chi connectivity index (χ4v) is 3.60. The van der Waals surface area contributed by atoms with Crippen molar-refractivity contribution in [1.82, 2.24) is 0 Å². The lowest BCUT2D eigenvalue weighted by molar-refractivity contribution is 0.103. The van der Waals surface area contributed by atoms with Crippen molar-refractivity contribution in [2.45, 2.75) is 0 Å². The molecule has 0 aliphatic rings. The Balaban J connectivity index is 1.43. The van der Waals surface area contributed by atoms with Crippen molar-refractivity contribution in [3.63, 3.8) is 0 Å². The topological polar surface area (TPSA) is 35.5 Å². The Kier molecular flexibility index (Phi) is 6.31. The summed E-state index contributed by atoms with van der Waals surface area (Å²) in [6.45, 7) is 0. The highest BCUT2D eigenvalue weighted by Gasteiger charge is 2.10. The molecule has 0 bridgehead atoms. The molecule has 0 amide bonds. The number of hydrogen-bond donors (Lipinski definition) is 0. The molecular weight excluding hydrogens is 508 g/mol. The van der Waals surface area contributed by atoms with E-state index in [0.29, 0.717) is 22.6 Å². The van der Waals surface area contributed by atoms with Gasteiger partial charge in [-0.3, -0.25) is 4.79 Å². The number of hydrogen-bond acceptors (Lipinski definition) is 3. The summed E-state index contributed by atoms with van der Waals surface area (Å²) < 4.78 is 13.5. The van der Waals surface area contributed by atoms with Crippen LogP contribution in [0.4, 0.5) is 0 Å². The van der Waals surface area contributed by atoms with Gasteiger partial charge in [0.2, 0.25) is 0 Å². The second-order valence-electron chi connectivity index (χ2n) is 6.50. The minimum absolute atomic E-state index is 0.0574. The van der Waals surface area contributed by atoms with Crippen molar-refractivity contribution in [3.8, 4) is 23.0 Å². The van der Waals surface area contributed by atoms with Crippen molar-refractivity contribution in [1.29, 1.82) is 0 Å². The van der Waals surface area contributed by atoms with Crippen molar-refractivity contribution in [2.24, 2.45) is 0 Å². The van der Waals surface area contributed by atoms with Crippen LogP contribution in [-0.2, 0) is 0 Å². The van der Waals surface area contributed by atoms with E-state index in [9.17, 15) is 4.79 Å². The number of halogens is 2. The van der Waals surface area contributed by atoms with Crippen LogP contribution in [0.3, 0.4) is 0 Å². The first-order valence-electron chi connectivity index (χ1n) is 9.18. The zero-order valence-electron chi connectivity index (χ0n) is 15.7. The lowest BCUT2D eigenvalue weighted by Crippen LogP contribution is -2.01. The van der Waals surface area contributed by atoms with E-state index < -0.39 is 0 Å². The number of carbonyl (C=O) groups is 1. The van der Waals surface area contributed by atoms with E-state index in [-0.39, 0.29) is 5.78 Å². The summed E-state index contributed by atoms with van der Waals surface area (Å²) in [5.74, 6) is 2.73. The molecule has 0 atom stereocenters. The van der Waals surface area contributed by atoms with Crippen LogP contribution >= 0.6 is 31.9 Å². The normalized spacial score (nSPS) is 10.5. The monoisotopic (exact) mass is 522 g/mol. The fraction of sp³-hybridized carbons (Fsp3) is 0. The maximum absolute atomic E-state index is 12.8. The Morgan fingerprint density at radius 1 is 0.533 bits per heavy atom. The Bertz CT molecular complexity index is 1080. The predicted octanol–water partition coefficient (Wildman–Crippen LogP) is 8.03. The smallest absolute Gasteiger partial charge is 0.193 e. The second kappa shape index (κ2) is 9.28. The van der Waals surface area contributed by atoms with Crippen LogP contribution in [0.5, 0.6) is 23.0 Å². The van der Waals surface area contributed by atoms with Gasteiger partial charge >= 0.3 is 0 Å². The van der Waals surface area contributed by atoms with Gasteiger partial charge in [0.05, 0.1) is 0 Å². The van der Waals surface area contributed by atoms with Gasteiger partial charge in [-0.1, -0.05) is 44.0 Å². The molecule has 148 valence electrons. The van der Waals surface area contributed by atoms with Gasteiger partial charge in [0, 0.05) is 20.1 Å². The lowest BCUT2D eigenvalue weighted by Gasteiger charge is -2.08. The van der Waals surface area contributed by atoms with Crippen LogP contribution < -0.4 is 9.47 Å². The van der Waals surface area contributed by atoms with Gasteiger partial charge < -0.3 is 9.47 Å². The highest BCUT2D eigenvalue weighted by atomic mass is 79.9. The summed E-state index contributed by atoms with van der Waals surface area (Å²) in [5, 5.41) is 0. The molecule has 0 spiro atoms. The first-order valence-corrected chi connectivity index (χ1v) is 10.8. The molecule has 0 radical (unpaired) electrons. The predicted molar refractivity (Wildman–Crippen MR) is 125 cm³/mol. The van der Waals surface area contributed by atoms with E-state index in [1.807, 2.05) is 48.5 Å². The maximum Gasteiger partial charge on any atom is 0.193 e. The van der Waals surface area contributed by atoms with Crippen LogP contribution in [0.15, 0.2) is 106 Å². The SMILES string of the molecule is O=C(c1ccc(Oc2cccc(Br)c2)cc1)c1ccc(Oc2cccc(Br)c2)cc1. The van der Waals surface area contributed by atoms with E-state index >= 15 is 0 Å². The van der Waals surface area contributed by atoms with Gasteiger partial charge in [-0.15, -0.1) is 0 Å². The second-order valence-corrected chi connectivity index (χ2v) is 8.33. The molecule has 4 aromatic carbocycles. The summed E-state index contributed by atoms with van der Waals surface area (Å²) in [6.07, 6.45) is 0. The fourth-order valence-electron chi connectivity index (χ4n) is 2.85. The number of carbonyl (C=O) groups excluding carboxylic acids is 1. The third-order valence-electron chi connectivity index (χ3n) is 4.30. The summed E-state index contributed by atoms with van der Waals surface area (Å²) in [7, 11) is 0. The first-order chi connectivity index (χ1) is 14.6. The zero-order chi connectivity index (χ0) is 20.9. The standard InChI is InChI=1S/C25H16Br2O3/c26-19-3-1-5-23(15-19)29-21-11-7-17(8-12-21)25(28)18-9-13-22(14-10-18)30-24-6-2-4-20(27)16-24/h1-16H. The van der Waals surface area contributed by atoms with Gasteiger partial charge in [-0.25, -0.2) is 0 Å². The van der Waals surface area contributed by atoms with E-state index in [4.69, 9.17) is 9.47 Å². The van der Waals surface area contributed by atoms with Crippen molar-refractivity contribution >= 4 is 37.6 Å². The molecule has 0 N–H and O–H groups in total. The average Bonchev–Trinajstić information content (AvgIpc) is 2.74. The Morgan fingerprint density at radius 2 is 0.933 bits per heavy atom. The van der Waals surface area contributed by atoms with Crippen LogP contribution in [0, 0.1) is 0 Å². The minimum atomic E-state index is -0.0574. The van der Waals surface area contributed by atoms with Gasteiger partial charge in [0.25, 0.3) is 0 Å². The minimum Gasteiger partial charge on any atom is -0.457 e. The summed E-state index contributed by atoms with van der Waals surface area (Å²) in [4.78, 5) is 12.8. The molecule has 0 aliphatic carbocycles. The van der Waals surface area contributed by atoms with Gasteiger partial charge in [0.15, 0.2) is 5.78 Å². The zero-order valence-corrected chi connectivity index (χ0v) is 18.9. The van der Waals surface area contributed by atoms with Crippen LogP contribution in [0.1, 0.15) is 15.9 Å². The maximum atomic E-state index is 12.8. The van der Waals surface area contributed by atoms with E-state index in [0.717, 1.165) is 20.4 Å². The summed E-state index contributed by atoms with van der Waals surface area (Å²) in [6, 6.07) is 29.4. The van der Waals surface area contributed by atoms with Gasteiger partial charge in [0.1, 0.15) is 23.0 Å². The molecule has 30 heavy (non-hydrogen) atoms. The molecule has 0 aliphatic heterocycles. The molecular formula is C25H16Br2O3. The molecule has 0 saturated heterocycles. The molecule has 0 aromatic heterocycles. The van der Waals surface area contributed by atoms with Crippen LogP contribution in [-0.4, -0.2) is 5.78 Å². The molecule has 0 fully saturated rings. The largest absolute Gasteiger partial charge is 0.457 e. The third kappa shape index (κ3) is 5.17. The highest BCUT2D eigenvalue weighted by molar-refractivity contribution is 9.10. The number of benzene rings is 4. The number of rotatable bonds is 6. The number of ketones is 1. The average molecular weight is 524 g/mol. The van der Waals surface area contributed by atoms with Crippen molar-refractivity contribution in [3.05, 3.63) is 117 Å². The lowest BCUT2D eigenvalue weighted by atomic mass is 10.0. The van der Waals surface area contributed by atoms with Crippen LogP contribution in [0.2, 0.25) is 0 Å². The summed E-state index contributed by atoms with van der Waals surface area (Å²) in [5.41, 5.74) is 1.19. The Labute approximate surface area is 191 Å². The molecule has 0 unspecified atom stereocenters. The van der Waals surface area contributed by atoms with Crippen LogP contribution in [0.25, 0.3) is 0 Å². The highest BCUT2D eigenvalue weighted by Crippen LogP contribution is 2.27. The summed E-state index contributed by atoms with van der Waals surface area (Å²) >= 11 is 6.85. The molecule has 3 nitrogen and oxygen atoms in total. The van der Waals surface area contributed by atoms with Crippen molar-refractivity contribution < 1.29 is 14.3 Å². The molecule has 4 rings (SSSR count).